The van der Waals surface area contributed by atoms with Gasteiger partial charge in [0, 0.05) is 6.07 Å². The molecule has 1 heterocycles. The van der Waals surface area contributed by atoms with Crippen LogP contribution in [0, 0.1) is 6.92 Å². The van der Waals surface area contributed by atoms with Crippen molar-refractivity contribution < 1.29 is 4.79 Å². The van der Waals surface area contributed by atoms with Crippen molar-refractivity contribution in [3.05, 3.63) is 81.5 Å². The van der Waals surface area contributed by atoms with Crippen molar-refractivity contribution in [2.24, 2.45) is 0 Å². The molecule has 0 aliphatic carbocycles. The van der Waals surface area contributed by atoms with E-state index in [9.17, 15) is 4.79 Å². The largest absolute Gasteiger partial charge is 0.311 e. The Morgan fingerprint density at radius 2 is 1.84 bits per heavy atom. The van der Waals surface area contributed by atoms with E-state index in [-0.39, 0.29) is 5.91 Å². The van der Waals surface area contributed by atoms with Crippen LogP contribution in [0.15, 0.2) is 54.7 Å². The average Bonchev–Trinajstić information content (AvgIpc) is 3.01. The first-order chi connectivity index (χ1) is 12.0. The highest BCUT2D eigenvalue weighted by Crippen LogP contribution is 2.26. The molecule has 0 aliphatic heterocycles. The molecule has 6 heteroatoms. The van der Waals surface area contributed by atoms with Crippen LogP contribution in [-0.2, 0) is 17.8 Å². The third kappa shape index (κ3) is 4.21. The maximum atomic E-state index is 12.4. The van der Waals surface area contributed by atoms with Gasteiger partial charge >= 0.3 is 0 Å². The lowest BCUT2D eigenvalue weighted by atomic mass is 10.1. The van der Waals surface area contributed by atoms with Crippen LogP contribution in [-0.4, -0.2) is 15.7 Å². The van der Waals surface area contributed by atoms with Crippen molar-refractivity contribution in [2.75, 3.05) is 5.32 Å². The van der Waals surface area contributed by atoms with Crippen LogP contribution < -0.4 is 5.32 Å². The smallest absolute Gasteiger partial charge is 0.229 e. The molecule has 25 heavy (non-hydrogen) atoms. The van der Waals surface area contributed by atoms with Crippen molar-refractivity contribution in [2.45, 2.75) is 19.9 Å². The first-order valence-corrected chi connectivity index (χ1v) is 8.59. The normalized spacial score (nSPS) is 10.7. The zero-order valence-electron chi connectivity index (χ0n) is 13.7. The van der Waals surface area contributed by atoms with Gasteiger partial charge in [-0.25, -0.2) is 4.68 Å². The van der Waals surface area contributed by atoms with E-state index in [1.54, 1.807) is 23.0 Å². The Labute approximate surface area is 156 Å². The number of aromatic nitrogens is 2. The predicted octanol–water partition coefficient (Wildman–Crippen LogP) is 4.73. The van der Waals surface area contributed by atoms with E-state index in [0.29, 0.717) is 28.8 Å². The van der Waals surface area contributed by atoms with Crippen molar-refractivity contribution in [1.82, 2.24) is 9.78 Å². The van der Waals surface area contributed by atoms with E-state index in [2.05, 4.69) is 10.4 Å². The number of carbonyl (C=O) groups excluding carboxylic acids is 1. The molecule has 0 radical (unpaired) electrons. The molecule has 0 atom stereocenters. The number of nitrogens with one attached hydrogen (secondary N) is 1. The van der Waals surface area contributed by atoms with Crippen LogP contribution in [0.5, 0.6) is 0 Å². The molecular formula is C19H17Cl2N3O. The highest BCUT2D eigenvalue weighted by atomic mass is 35.5. The molecule has 0 fully saturated rings. The van der Waals surface area contributed by atoms with E-state index < -0.39 is 0 Å². The Kier molecular flexibility index (Phi) is 5.41. The molecule has 4 nitrogen and oxygen atoms in total. The van der Waals surface area contributed by atoms with Crippen LogP contribution in [0.3, 0.4) is 0 Å². The van der Waals surface area contributed by atoms with Gasteiger partial charge in [0.05, 0.1) is 29.2 Å². The summed E-state index contributed by atoms with van der Waals surface area (Å²) in [5.41, 5.74) is 2.94. The van der Waals surface area contributed by atoms with Gasteiger partial charge in [-0.05, 0) is 29.7 Å². The molecule has 2 aromatic carbocycles. The number of nitrogens with zero attached hydrogens (tertiary/aromatic N) is 2. The molecule has 0 saturated carbocycles. The molecule has 1 aromatic heterocycles. The third-order valence-electron chi connectivity index (χ3n) is 3.95. The maximum absolute atomic E-state index is 12.4. The zero-order valence-corrected chi connectivity index (χ0v) is 15.2. The van der Waals surface area contributed by atoms with E-state index in [0.717, 1.165) is 16.7 Å². The molecule has 0 unspecified atom stereocenters. The lowest BCUT2D eigenvalue weighted by Gasteiger charge is -2.11. The fraction of sp³-hybridized carbons (Fsp3) is 0.158. The second-order valence-corrected chi connectivity index (χ2v) is 6.52. The zero-order chi connectivity index (χ0) is 17.8. The summed E-state index contributed by atoms with van der Waals surface area (Å²) in [5, 5.41) is 8.16. The highest BCUT2D eigenvalue weighted by molar-refractivity contribution is 6.42. The molecule has 1 N–H and O–H groups in total. The molecule has 0 bridgehead atoms. The molecule has 0 saturated heterocycles. The van der Waals surface area contributed by atoms with Crippen molar-refractivity contribution in [3.63, 3.8) is 0 Å². The minimum absolute atomic E-state index is 0.0896. The summed E-state index contributed by atoms with van der Waals surface area (Å²) >= 11 is 12.3. The van der Waals surface area contributed by atoms with E-state index >= 15 is 0 Å². The molecule has 128 valence electrons. The summed E-state index contributed by atoms with van der Waals surface area (Å²) in [6.45, 7) is 2.42. The number of amides is 1. The summed E-state index contributed by atoms with van der Waals surface area (Å²) in [6, 6.07) is 15.1. The lowest BCUT2D eigenvalue weighted by Crippen LogP contribution is -2.18. The van der Waals surface area contributed by atoms with Gasteiger partial charge in [0.2, 0.25) is 5.91 Å². The van der Waals surface area contributed by atoms with Gasteiger partial charge in [-0.2, -0.15) is 5.10 Å². The predicted molar refractivity (Wildman–Crippen MR) is 101 cm³/mol. The van der Waals surface area contributed by atoms with E-state index in [4.69, 9.17) is 23.2 Å². The van der Waals surface area contributed by atoms with Gasteiger partial charge in [0.25, 0.3) is 0 Å². The van der Waals surface area contributed by atoms with E-state index in [1.807, 2.05) is 43.3 Å². The van der Waals surface area contributed by atoms with Crippen molar-refractivity contribution in [1.29, 1.82) is 0 Å². The lowest BCUT2D eigenvalue weighted by molar-refractivity contribution is -0.115. The number of aryl methyl sites for hydroxylation is 1. The van der Waals surface area contributed by atoms with Crippen LogP contribution in [0.2, 0.25) is 10.0 Å². The summed E-state index contributed by atoms with van der Waals surface area (Å²) in [4.78, 5) is 12.4. The highest BCUT2D eigenvalue weighted by Gasteiger charge is 2.11. The van der Waals surface area contributed by atoms with Crippen molar-refractivity contribution in [3.8, 4) is 0 Å². The van der Waals surface area contributed by atoms with Gasteiger partial charge in [0.15, 0.2) is 0 Å². The molecule has 1 amide bonds. The number of hydrogen-bond acceptors (Lipinski definition) is 2. The SMILES string of the molecule is Cc1ccccc1CC(=O)Nc1ccnn1Cc1cccc(Cl)c1Cl. The summed E-state index contributed by atoms with van der Waals surface area (Å²) < 4.78 is 1.69. The Balaban J connectivity index is 1.72. The van der Waals surface area contributed by atoms with Crippen LogP contribution >= 0.6 is 23.2 Å². The van der Waals surface area contributed by atoms with Gasteiger partial charge in [-0.15, -0.1) is 0 Å². The molecule has 3 aromatic rings. The number of carbonyl (C=O) groups is 1. The number of anilines is 1. The third-order valence-corrected chi connectivity index (χ3v) is 4.81. The van der Waals surface area contributed by atoms with Gasteiger partial charge in [-0.1, -0.05) is 59.6 Å². The fourth-order valence-electron chi connectivity index (χ4n) is 2.57. The minimum Gasteiger partial charge on any atom is -0.311 e. The first kappa shape index (κ1) is 17.5. The Morgan fingerprint density at radius 1 is 1.08 bits per heavy atom. The maximum Gasteiger partial charge on any atom is 0.229 e. The van der Waals surface area contributed by atoms with Gasteiger partial charge < -0.3 is 5.32 Å². The van der Waals surface area contributed by atoms with Crippen molar-refractivity contribution >= 4 is 34.9 Å². The minimum atomic E-state index is -0.0896. The number of rotatable bonds is 5. The average molecular weight is 374 g/mol. The first-order valence-electron chi connectivity index (χ1n) is 7.83. The Hall–Kier alpha value is -2.30. The van der Waals surface area contributed by atoms with Gasteiger partial charge in [-0.3, -0.25) is 4.79 Å². The Morgan fingerprint density at radius 3 is 2.64 bits per heavy atom. The number of hydrogen-bond donors (Lipinski definition) is 1. The topological polar surface area (TPSA) is 46.9 Å². The van der Waals surface area contributed by atoms with Crippen LogP contribution in [0.4, 0.5) is 5.82 Å². The summed E-state index contributed by atoms with van der Waals surface area (Å²) in [5.74, 6) is 0.530. The second kappa shape index (κ2) is 7.72. The molecule has 0 aliphatic rings. The standard InChI is InChI=1S/C19H17Cl2N3O/c1-13-5-2-3-6-14(13)11-18(25)23-17-9-10-22-24(17)12-15-7-4-8-16(20)19(15)21/h2-10H,11-12H2,1H3,(H,23,25). The molecular weight excluding hydrogens is 357 g/mol. The summed E-state index contributed by atoms with van der Waals surface area (Å²) in [7, 11) is 0. The monoisotopic (exact) mass is 373 g/mol. The molecule has 0 spiro atoms. The Bertz CT molecular complexity index is 905. The van der Waals surface area contributed by atoms with Gasteiger partial charge in [0.1, 0.15) is 5.82 Å². The summed E-state index contributed by atoms with van der Waals surface area (Å²) in [6.07, 6.45) is 1.96. The van der Waals surface area contributed by atoms with Crippen LogP contribution in [0.25, 0.3) is 0 Å². The number of halogens is 2. The molecule has 3 rings (SSSR count). The number of benzene rings is 2. The fourth-order valence-corrected chi connectivity index (χ4v) is 2.95. The quantitative estimate of drug-likeness (QED) is 0.702. The van der Waals surface area contributed by atoms with Crippen LogP contribution in [0.1, 0.15) is 16.7 Å². The second-order valence-electron chi connectivity index (χ2n) is 5.74. The van der Waals surface area contributed by atoms with E-state index in [1.165, 1.54) is 0 Å².